The maximum Gasteiger partial charge on any atom is -0.0533 e. The molecule has 0 aromatic carbocycles. The smallest absolute Gasteiger partial charge is 0.0533 e. The van der Waals surface area contributed by atoms with Gasteiger partial charge in [0.1, 0.15) is 0 Å². The first-order valence-corrected chi connectivity index (χ1v) is 16.1. The van der Waals surface area contributed by atoms with E-state index in [0.717, 1.165) is 6.42 Å². The van der Waals surface area contributed by atoms with Gasteiger partial charge >= 0.3 is 40.5 Å². The summed E-state index contributed by atoms with van der Waals surface area (Å²) >= 11 is 6.25. The first-order valence-electron chi connectivity index (χ1n) is 2.24. The number of rotatable bonds is 1. The van der Waals surface area contributed by atoms with Gasteiger partial charge in [0.05, 0.1) is 0 Å². The Morgan fingerprint density at radius 3 is 1.71 bits per heavy atom. The summed E-state index contributed by atoms with van der Waals surface area (Å²) in [4.78, 5) is 0. The predicted octanol–water partition coefficient (Wildman–Crippen LogP) is 3.31. The van der Waals surface area contributed by atoms with Gasteiger partial charge < -0.3 is 0 Å². The Morgan fingerprint density at radius 1 is 1.57 bits per heavy atom. The first kappa shape index (κ1) is 11.4. The van der Waals surface area contributed by atoms with Gasteiger partial charge in [-0.1, -0.05) is 26.7 Å². The summed E-state index contributed by atoms with van der Waals surface area (Å²) < 4.78 is 0. The molecule has 3 heteroatoms. The Hall–Kier alpha value is 1.58. The molecule has 1 radical (unpaired) electrons. The van der Waals surface area contributed by atoms with E-state index in [4.69, 9.17) is 0 Å². The van der Waals surface area contributed by atoms with E-state index in [-0.39, 0.29) is 13.2 Å². The van der Waals surface area contributed by atoms with Crippen molar-refractivity contribution in [2.75, 3.05) is 0 Å². The van der Waals surface area contributed by atoms with Crippen LogP contribution in [-0.4, -0.2) is 0 Å². The molecule has 7 heavy (non-hydrogen) atoms. The van der Waals surface area contributed by atoms with E-state index < -0.39 is 0 Å². The molecule has 0 aliphatic heterocycles. The minimum Gasteiger partial charge on any atom is -0.0654 e. The van der Waals surface area contributed by atoms with Crippen LogP contribution in [0, 0.1) is 6.92 Å². The second kappa shape index (κ2) is 15.6. The second-order valence-corrected chi connectivity index (χ2v) is 15.0. The van der Waals surface area contributed by atoms with Crippen molar-refractivity contribution in [2.45, 2.75) is 19.8 Å². The molecule has 0 saturated heterocycles. The van der Waals surface area contributed by atoms with Crippen LogP contribution in [0.5, 0.6) is 0 Å². The van der Waals surface area contributed by atoms with Crippen LogP contribution in [0.15, 0.2) is 0 Å². The molecule has 0 aromatic rings. The van der Waals surface area contributed by atoms with Crippen molar-refractivity contribution in [1.82, 2.24) is 0 Å². The molecule has 0 aliphatic rings. The Morgan fingerprint density at radius 2 is 1.71 bits per heavy atom. The zero-order valence-electron chi connectivity index (χ0n) is 4.58. The Bertz CT molecular complexity index is 17.2. The van der Waals surface area contributed by atoms with Gasteiger partial charge in [-0.2, -0.15) is 0 Å². The number of hydrogen-bond acceptors (Lipinski definition) is 0. The summed E-state index contributed by atoms with van der Waals surface area (Å²) in [5.74, 6) is 0. The number of unbranched alkanes of at least 4 members (excludes halogenated alkanes) is 1. The molecule has 0 bridgehead atoms. The molecule has 0 fully saturated rings. The SMILES string of the molecule is [Br][Zn][Br].[CH2]CCC. The Labute approximate surface area is 66.8 Å². The number of halogens is 2. The third-order valence-electron chi connectivity index (χ3n) is 0.354. The average Bonchev–Trinajstić information content (AvgIpc) is 1.69. The van der Waals surface area contributed by atoms with Gasteiger partial charge in [-0.05, 0) is 0 Å². The molecule has 0 N–H and O–H groups in total. The molecule has 0 rings (SSSR count). The molecular weight excluding hydrogens is 273 g/mol. The fourth-order valence-electron chi connectivity index (χ4n) is 0. The van der Waals surface area contributed by atoms with Crippen molar-refractivity contribution < 1.29 is 13.2 Å². The summed E-state index contributed by atoms with van der Waals surface area (Å²) in [5.41, 5.74) is 0. The monoisotopic (exact) mass is 279 g/mol. The van der Waals surface area contributed by atoms with Crippen LogP contribution in [0.25, 0.3) is 0 Å². The molecule has 0 saturated carbocycles. The zero-order chi connectivity index (χ0) is 6.12. The van der Waals surface area contributed by atoms with Crippen molar-refractivity contribution in [3.8, 4) is 0 Å². The van der Waals surface area contributed by atoms with E-state index in [1.807, 2.05) is 0 Å². The van der Waals surface area contributed by atoms with E-state index in [2.05, 4.69) is 41.1 Å². The summed E-state index contributed by atoms with van der Waals surface area (Å²) in [7, 11) is 0. The molecule has 0 aromatic heterocycles. The van der Waals surface area contributed by atoms with Gasteiger partial charge in [-0.15, -0.1) is 0 Å². The Balaban J connectivity index is 0. The maximum atomic E-state index is 3.60. The van der Waals surface area contributed by atoms with Crippen LogP contribution in [0.1, 0.15) is 19.8 Å². The van der Waals surface area contributed by atoms with Crippen LogP contribution < -0.4 is 0 Å². The Kier molecular flexibility index (Phi) is 25.5. The van der Waals surface area contributed by atoms with Gasteiger partial charge in [0, 0.05) is 0 Å². The molecule has 0 nitrogen and oxygen atoms in total. The first-order chi connectivity index (χ1) is 3.33. The fraction of sp³-hybridized carbons (Fsp3) is 0.750. The summed E-state index contributed by atoms with van der Waals surface area (Å²) in [6.45, 7) is 5.72. The largest absolute Gasteiger partial charge is 0.0654 e. The summed E-state index contributed by atoms with van der Waals surface area (Å²) in [6.07, 6.45) is 2.28. The fourth-order valence-corrected chi connectivity index (χ4v) is 0. The third kappa shape index (κ3) is 35.4. The molecule has 0 amide bonds. The normalized spacial score (nSPS) is 5.71. The molecule has 0 unspecified atom stereocenters. The van der Waals surface area contributed by atoms with Crippen LogP contribution in [-0.2, 0) is 13.2 Å². The van der Waals surface area contributed by atoms with Gasteiger partial charge in [-0.3, -0.25) is 0 Å². The molecule has 0 heterocycles. The van der Waals surface area contributed by atoms with Gasteiger partial charge in [0.2, 0.25) is 0 Å². The standard InChI is InChI=1S/C4H9.2BrH.Zn/c1-3-4-2;;;/h1,3-4H2,2H3;2*1H;/q;;;+2/p-2. The van der Waals surface area contributed by atoms with Crippen LogP contribution in [0.4, 0.5) is 0 Å². The van der Waals surface area contributed by atoms with Crippen LogP contribution >= 0.6 is 27.2 Å². The number of hydrogen-bond donors (Lipinski definition) is 0. The van der Waals surface area contributed by atoms with E-state index in [1.165, 1.54) is 6.42 Å². The zero-order valence-corrected chi connectivity index (χ0v) is 10.7. The van der Waals surface area contributed by atoms with E-state index in [1.54, 1.807) is 0 Å². The topological polar surface area (TPSA) is 0 Å². The molecule has 0 aliphatic carbocycles. The average molecular weight is 282 g/mol. The van der Waals surface area contributed by atoms with Gasteiger partial charge in [0.25, 0.3) is 0 Å². The summed E-state index contributed by atoms with van der Waals surface area (Å²) in [5, 5.41) is 0. The van der Waals surface area contributed by atoms with Crippen molar-refractivity contribution in [1.29, 1.82) is 0 Å². The quantitative estimate of drug-likeness (QED) is 0.647. The second-order valence-electron chi connectivity index (χ2n) is 0.955. The van der Waals surface area contributed by atoms with Crippen LogP contribution in [0.2, 0.25) is 0 Å². The minimum absolute atomic E-state index is 0.250. The van der Waals surface area contributed by atoms with E-state index in [0.29, 0.717) is 0 Å². The summed E-state index contributed by atoms with van der Waals surface area (Å²) in [6, 6.07) is 0. The predicted molar refractivity (Wildman–Crippen MR) is 38.1 cm³/mol. The van der Waals surface area contributed by atoms with Crippen molar-refractivity contribution in [3.63, 3.8) is 0 Å². The van der Waals surface area contributed by atoms with E-state index in [9.17, 15) is 0 Å². The van der Waals surface area contributed by atoms with Gasteiger partial charge in [0.15, 0.2) is 0 Å². The van der Waals surface area contributed by atoms with Crippen molar-refractivity contribution >= 4 is 27.2 Å². The maximum absolute atomic E-state index is 3.60. The third-order valence-corrected chi connectivity index (χ3v) is 0.354. The molecule has 41 valence electrons. The minimum atomic E-state index is -0.250. The van der Waals surface area contributed by atoms with Gasteiger partial charge in [-0.25, -0.2) is 0 Å². The van der Waals surface area contributed by atoms with Crippen LogP contribution in [0.3, 0.4) is 0 Å². The molecule has 0 spiro atoms. The van der Waals surface area contributed by atoms with E-state index >= 15 is 0 Å². The molecular formula is C4H9Br2Zn. The molecule has 0 atom stereocenters. The van der Waals surface area contributed by atoms with Crippen molar-refractivity contribution in [3.05, 3.63) is 6.92 Å². The van der Waals surface area contributed by atoms with Crippen molar-refractivity contribution in [2.24, 2.45) is 0 Å².